The molecule has 0 aliphatic carbocycles. The second-order valence-corrected chi connectivity index (χ2v) is 6.67. The van der Waals surface area contributed by atoms with E-state index in [1.54, 1.807) is 18.2 Å². The van der Waals surface area contributed by atoms with Gasteiger partial charge in [-0.25, -0.2) is 0 Å². The number of ether oxygens (including phenoxy) is 3. The van der Waals surface area contributed by atoms with Gasteiger partial charge in [0.1, 0.15) is 19.0 Å². The average Bonchev–Trinajstić information content (AvgIpc) is 2.68. The van der Waals surface area contributed by atoms with Crippen LogP contribution in [0.5, 0.6) is 17.2 Å². The summed E-state index contributed by atoms with van der Waals surface area (Å²) >= 11 is 0. The molecule has 144 valence electrons. The van der Waals surface area contributed by atoms with Crippen molar-refractivity contribution >= 4 is 5.91 Å². The van der Waals surface area contributed by atoms with Crippen LogP contribution in [0.15, 0.2) is 30.3 Å². The van der Waals surface area contributed by atoms with E-state index in [1.165, 1.54) is 0 Å². The Labute approximate surface area is 159 Å². The lowest BCUT2D eigenvalue weighted by molar-refractivity contribution is -0.123. The molecule has 1 heterocycles. The molecular weight excluding hydrogens is 346 g/mol. The summed E-state index contributed by atoms with van der Waals surface area (Å²) in [6.07, 6.45) is -0.841. The van der Waals surface area contributed by atoms with Crippen molar-refractivity contribution in [3.63, 3.8) is 0 Å². The van der Waals surface area contributed by atoms with Gasteiger partial charge in [0.2, 0.25) is 0 Å². The van der Waals surface area contributed by atoms with Crippen molar-refractivity contribution < 1.29 is 24.1 Å². The lowest BCUT2D eigenvalue weighted by Gasteiger charge is -2.20. The second-order valence-electron chi connectivity index (χ2n) is 6.67. The molecule has 1 atom stereocenters. The Bertz CT molecular complexity index is 834. The van der Waals surface area contributed by atoms with Gasteiger partial charge >= 0.3 is 0 Å². The smallest absolute Gasteiger partial charge is 0.258 e. The van der Waals surface area contributed by atoms with Gasteiger partial charge in [0.25, 0.3) is 5.91 Å². The number of aliphatic hydroxyl groups excluding tert-OH is 1. The minimum atomic E-state index is -0.841. The summed E-state index contributed by atoms with van der Waals surface area (Å²) < 4.78 is 16.7. The van der Waals surface area contributed by atoms with Crippen LogP contribution in [0.2, 0.25) is 0 Å². The molecule has 0 bridgehead atoms. The molecule has 1 unspecified atom stereocenters. The van der Waals surface area contributed by atoms with E-state index in [-0.39, 0.29) is 19.1 Å². The van der Waals surface area contributed by atoms with E-state index in [2.05, 4.69) is 5.32 Å². The Morgan fingerprint density at radius 2 is 1.81 bits per heavy atom. The zero-order valence-corrected chi connectivity index (χ0v) is 15.9. The van der Waals surface area contributed by atoms with E-state index in [1.807, 2.05) is 32.9 Å². The maximum absolute atomic E-state index is 12.1. The van der Waals surface area contributed by atoms with Gasteiger partial charge in [0.15, 0.2) is 18.1 Å². The molecular formula is C21H25NO5. The van der Waals surface area contributed by atoms with Gasteiger partial charge < -0.3 is 24.6 Å². The fourth-order valence-corrected chi connectivity index (χ4v) is 2.93. The third kappa shape index (κ3) is 4.52. The minimum absolute atomic E-state index is 0.0909. The van der Waals surface area contributed by atoms with Crippen LogP contribution < -0.4 is 19.5 Å². The Morgan fingerprint density at radius 1 is 1.11 bits per heavy atom. The molecule has 0 radical (unpaired) electrons. The first-order valence-electron chi connectivity index (χ1n) is 8.99. The first kappa shape index (κ1) is 19.0. The number of aliphatic hydroxyl groups is 1. The highest BCUT2D eigenvalue weighted by Gasteiger charge is 2.16. The van der Waals surface area contributed by atoms with E-state index in [4.69, 9.17) is 14.2 Å². The summed E-state index contributed by atoms with van der Waals surface area (Å²) in [5, 5.41) is 13.0. The van der Waals surface area contributed by atoms with Gasteiger partial charge in [-0.3, -0.25) is 4.79 Å². The molecule has 3 rings (SSSR count). The van der Waals surface area contributed by atoms with Crippen LogP contribution >= 0.6 is 0 Å². The number of rotatable bonds is 6. The monoisotopic (exact) mass is 371 g/mol. The molecule has 2 aromatic rings. The predicted molar refractivity (Wildman–Crippen MR) is 102 cm³/mol. The Hall–Kier alpha value is -2.73. The molecule has 0 aromatic heterocycles. The highest BCUT2D eigenvalue weighted by Crippen LogP contribution is 2.32. The van der Waals surface area contributed by atoms with Crippen LogP contribution in [-0.4, -0.2) is 37.4 Å². The molecule has 6 nitrogen and oxygen atoms in total. The molecule has 2 N–H and O–H groups in total. The zero-order chi connectivity index (χ0) is 19.4. The summed E-state index contributed by atoms with van der Waals surface area (Å²) in [7, 11) is 0. The fraction of sp³-hybridized carbons (Fsp3) is 0.381. The molecule has 0 fully saturated rings. The van der Waals surface area contributed by atoms with Gasteiger partial charge in [0, 0.05) is 6.54 Å². The van der Waals surface area contributed by atoms with Crippen molar-refractivity contribution in [3.8, 4) is 17.2 Å². The van der Waals surface area contributed by atoms with Gasteiger partial charge in [-0.05, 0) is 55.2 Å². The molecule has 1 aliphatic heterocycles. The Morgan fingerprint density at radius 3 is 2.59 bits per heavy atom. The van der Waals surface area contributed by atoms with Gasteiger partial charge in [-0.15, -0.1) is 0 Å². The van der Waals surface area contributed by atoms with E-state index in [0.29, 0.717) is 30.3 Å². The standard InChI is InChI=1S/C21H25NO5/c1-13-4-5-14(2)21(15(13)3)27-12-20(24)22-11-17(23)16-6-7-18-19(10-16)26-9-8-25-18/h4-7,10,17,23H,8-9,11-12H2,1-3H3,(H,22,24). The molecule has 2 aromatic carbocycles. The summed E-state index contributed by atoms with van der Waals surface area (Å²) in [4.78, 5) is 12.1. The minimum Gasteiger partial charge on any atom is -0.486 e. The van der Waals surface area contributed by atoms with Crippen molar-refractivity contribution in [1.82, 2.24) is 5.32 Å². The first-order valence-corrected chi connectivity index (χ1v) is 8.99. The second kappa shape index (κ2) is 8.31. The van der Waals surface area contributed by atoms with Crippen molar-refractivity contribution in [1.29, 1.82) is 0 Å². The van der Waals surface area contributed by atoms with Crippen LogP contribution in [0, 0.1) is 20.8 Å². The van der Waals surface area contributed by atoms with Gasteiger partial charge in [0.05, 0.1) is 6.10 Å². The zero-order valence-electron chi connectivity index (χ0n) is 15.9. The van der Waals surface area contributed by atoms with Crippen LogP contribution in [0.25, 0.3) is 0 Å². The summed E-state index contributed by atoms with van der Waals surface area (Å²) in [6, 6.07) is 9.27. The van der Waals surface area contributed by atoms with Crippen LogP contribution in [0.3, 0.4) is 0 Å². The Kier molecular flexibility index (Phi) is 5.86. The number of benzene rings is 2. The molecule has 1 amide bonds. The quantitative estimate of drug-likeness (QED) is 0.816. The molecule has 0 saturated carbocycles. The average molecular weight is 371 g/mol. The molecule has 6 heteroatoms. The van der Waals surface area contributed by atoms with E-state index < -0.39 is 6.10 Å². The number of carbonyl (C=O) groups excluding carboxylic acids is 1. The van der Waals surface area contributed by atoms with Crippen LogP contribution in [0.4, 0.5) is 0 Å². The topological polar surface area (TPSA) is 77.0 Å². The Balaban J connectivity index is 1.53. The third-order valence-electron chi connectivity index (χ3n) is 4.66. The molecule has 0 spiro atoms. The third-order valence-corrected chi connectivity index (χ3v) is 4.66. The summed E-state index contributed by atoms with van der Waals surface area (Å²) in [6.45, 7) is 6.92. The van der Waals surface area contributed by atoms with Gasteiger partial charge in [-0.2, -0.15) is 0 Å². The maximum Gasteiger partial charge on any atom is 0.258 e. The van der Waals surface area contributed by atoms with Crippen LogP contribution in [0.1, 0.15) is 28.4 Å². The lowest BCUT2D eigenvalue weighted by Crippen LogP contribution is -2.32. The van der Waals surface area contributed by atoms with Gasteiger partial charge in [-0.1, -0.05) is 18.2 Å². The molecule has 0 saturated heterocycles. The number of hydrogen-bond donors (Lipinski definition) is 2. The number of amides is 1. The predicted octanol–water partition coefficient (Wildman–Crippen LogP) is 2.61. The lowest BCUT2D eigenvalue weighted by atomic mass is 10.1. The van der Waals surface area contributed by atoms with E-state index in [0.717, 1.165) is 22.4 Å². The highest BCUT2D eigenvalue weighted by atomic mass is 16.6. The van der Waals surface area contributed by atoms with Crippen molar-refractivity contribution in [2.45, 2.75) is 26.9 Å². The van der Waals surface area contributed by atoms with Crippen molar-refractivity contribution in [2.24, 2.45) is 0 Å². The highest BCUT2D eigenvalue weighted by molar-refractivity contribution is 5.77. The fourth-order valence-electron chi connectivity index (χ4n) is 2.93. The number of nitrogens with one attached hydrogen (secondary N) is 1. The number of fused-ring (bicyclic) bond motifs is 1. The van der Waals surface area contributed by atoms with Crippen molar-refractivity contribution in [2.75, 3.05) is 26.4 Å². The molecule has 27 heavy (non-hydrogen) atoms. The normalized spacial score (nSPS) is 13.8. The number of aryl methyl sites for hydroxylation is 2. The summed E-state index contributed by atoms with van der Waals surface area (Å²) in [5.41, 5.74) is 3.79. The molecule has 1 aliphatic rings. The van der Waals surface area contributed by atoms with E-state index >= 15 is 0 Å². The van der Waals surface area contributed by atoms with E-state index in [9.17, 15) is 9.90 Å². The van der Waals surface area contributed by atoms with Crippen LogP contribution in [-0.2, 0) is 4.79 Å². The number of hydrogen-bond acceptors (Lipinski definition) is 5. The maximum atomic E-state index is 12.1. The van der Waals surface area contributed by atoms with Crippen molar-refractivity contribution in [3.05, 3.63) is 52.6 Å². The largest absolute Gasteiger partial charge is 0.486 e. The SMILES string of the molecule is Cc1ccc(C)c(OCC(=O)NCC(O)c2ccc3c(c2)OCCO3)c1C. The summed E-state index contributed by atoms with van der Waals surface area (Å²) in [5.74, 6) is 1.72. The number of carbonyl (C=O) groups is 1. The first-order chi connectivity index (χ1) is 13.0.